The Kier molecular flexibility index (Phi) is 11.7. The highest BCUT2D eigenvalue weighted by Crippen LogP contribution is 2.38. The highest BCUT2D eigenvalue weighted by molar-refractivity contribution is 8.04. The molecular weight excluding hydrogens is 452 g/mol. The molecule has 0 radical (unpaired) electrons. The second kappa shape index (κ2) is 14.2. The number of thioether (sulfide) groups is 1. The van der Waals surface area contributed by atoms with Crippen molar-refractivity contribution in [2.75, 3.05) is 20.0 Å². The summed E-state index contributed by atoms with van der Waals surface area (Å²) < 4.78 is 10.6. The van der Waals surface area contributed by atoms with Crippen LogP contribution in [0.2, 0.25) is 0 Å². The van der Waals surface area contributed by atoms with Crippen molar-refractivity contribution < 1.29 is 29.0 Å². The van der Waals surface area contributed by atoms with Crippen LogP contribution in [0.4, 0.5) is 0 Å². The molecule has 0 aliphatic heterocycles. The van der Waals surface area contributed by atoms with Gasteiger partial charge in [0.25, 0.3) is 0 Å². The van der Waals surface area contributed by atoms with Crippen molar-refractivity contribution in [1.29, 1.82) is 0 Å². The minimum absolute atomic E-state index is 0.188. The summed E-state index contributed by atoms with van der Waals surface area (Å²) in [6.07, 6.45) is 10.4. The first kappa shape index (κ1) is 28.0. The fraction of sp³-hybridized carbons (Fsp3) is 0.593. The summed E-state index contributed by atoms with van der Waals surface area (Å²) in [5, 5.41) is 9.31. The smallest absolute Gasteiger partial charge is 0.306 e. The van der Waals surface area contributed by atoms with Crippen LogP contribution in [-0.2, 0) is 4.79 Å². The normalized spacial score (nSPS) is 14.1. The Labute approximate surface area is 207 Å². The number of ketones is 2. The summed E-state index contributed by atoms with van der Waals surface area (Å²) >= 11 is 1.43. The highest BCUT2D eigenvalue weighted by Gasteiger charge is 2.32. The Balaban J connectivity index is 1.68. The maximum atomic E-state index is 13.0. The first-order chi connectivity index (χ1) is 16.3. The topological polar surface area (TPSA) is 89.9 Å². The molecule has 2 rings (SSSR count). The van der Waals surface area contributed by atoms with Crippen molar-refractivity contribution in [2.45, 2.75) is 71.6 Å². The van der Waals surface area contributed by atoms with Gasteiger partial charge in [-0.1, -0.05) is 52.4 Å². The Morgan fingerprint density at radius 2 is 1.47 bits per heavy atom. The van der Waals surface area contributed by atoms with Crippen LogP contribution in [0.1, 0.15) is 92.4 Å². The van der Waals surface area contributed by atoms with Gasteiger partial charge in [-0.15, -0.1) is 11.8 Å². The van der Waals surface area contributed by atoms with Crippen LogP contribution >= 0.6 is 11.8 Å². The molecule has 0 aromatic heterocycles. The van der Waals surface area contributed by atoms with Crippen molar-refractivity contribution in [1.82, 2.24) is 0 Å². The predicted molar refractivity (Wildman–Crippen MR) is 136 cm³/mol. The Hall–Kier alpha value is -2.28. The Bertz CT molecular complexity index is 889. The van der Waals surface area contributed by atoms with E-state index in [4.69, 9.17) is 9.47 Å². The van der Waals surface area contributed by atoms with Gasteiger partial charge in [0.15, 0.2) is 5.78 Å². The van der Waals surface area contributed by atoms with E-state index >= 15 is 0 Å². The lowest BCUT2D eigenvalue weighted by atomic mass is 9.92. The molecule has 1 atom stereocenters. The maximum absolute atomic E-state index is 13.0. The zero-order chi connectivity index (χ0) is 25.1. The number of carboxylic acid groups (broad SMARTS) is 1. The summed E-state index contributed by atoms with van der Waals surface area (Å²) in [5.74, 6) is 0.665. The second-order valence-corrected chi connectivity index (χ2v) is 10.3. The van der Waals surface area contributed by atoms with E-state index in [0.717, 1.165) is 63.5 Å². The summed E-state index contributed by atoms with van der Waals surface area (Å²) in [7, 11) is 2.97. The lowest BCUT2D eigenvalue weighted by Crippen LogP contribution is -2.18. The van der Waals surface area contributed by atoms with Gasteiger partial charge in [-0.2, -0.15) is 0 Å². The number of carbonyl (C=O) groups is 3. The molecule has 1 aromatic rings. The van der Waals surface area contributed by atoms with E-state index in [0.29, 0.717) is 22.3 Å². The highest BCUT2D eigenvalue weighted by atomic mass is 32.2. The number of allylic oxidation sites excluding steroid dienone is 2. The van der Waals surface area contributed by atoms with Crippen LogP contribution in [0, 0.1) is 11.8 Å². The number of unbranched alkanes of at least 4 members (excludes halogenated alkanes) is 6. The predicted octanol–water partition coefficient (Wildman–Crippen LogP) is 6.57. The monoisotopic (exact) mass is 490 g/mol. The standard InChI is InChI=1S/C27H38O6S/c1-18(2)16-19(27(30)31)12-10-8-6-5-7-9-11-15-34-23-17-20(28)24-21(32-3)13-14-22(33-4)25(24)26(23)29/h13-14,17-19H,5-12,15-16H2,1-4H3,(H,30,31). The average Bonchev–Trinajstić information content (AvgIpc) is 2.80. The first-order valence-corrected chi connectivity index (χ1v) is 13.2. The van der Waals surface area contributed by atoms with Gasteiger partial charge >= 0.3 is 5.97 Å². The fourth-order valence-corrected chi connectivity index (χ4v) is 5.32. The fourth-order valence-electron chi connectivity index (χ4n) is 4.33. The molecule has 0 saturated carbocycles. The van der Waals surface area contributed by atoms with Gasteiger partial charge in [0.2, 0.25) is 5.78 Å². The van der Waals surface area contributed by atoms with Gasteiger partial charge in [-0.05, 0) is 43.1 Å². The quantitative estimate of drug-likeness (QED) is 0.262. The zero-order valence-corrected chi connectivity index (χ0v) is 21.7. The minimum atomic E-state index is -0.666. The van der Waals surface area contributed by atoms with Crippen molar-refractivity contribution in [3.05, 3.63) is 34.2 Å². The third-order valence-electron chi connectivity index (χ3n) is 6.09. The number of rotatable bonds is 16. The number of benzene rings is 1. The number of carboxylic acids is 1. The number of aliphatic carboxylic acids is 1. The van der Waals surface area contributed by atoms with E-state index in [1.807, 2.05) is 0 Å². The lowest BCUT2D eigenvalue weighted by molar-refractivity contribution is -0.142. The molecule has 0 heterocycles. The molecule has 34 heavy (non-hydrogen) atoms. The minimum Gasteiger partial charge on any atom is -0.496 e. The molecule has 0 saturated heterocycles. The number of carbonyl (C=O) groups excluding carboxylic acids is 2. The van der Waals surface area contributed by atoms with Crippen molar-refractivity contribution >= 4 is 29.3 Å². The third-order valence-corrected chi connectivity index (χ3v) is 7.19. The summed E-state index contributed by atoms with van der Waals surface area (Å²) in [5.41, 5.74) is 0.561. The number of hydrogen-bond donors (Lipinski definition) is 1. The average molecular weight is 491 g/mol. The van der Waals surface area contributed by atoms with Crippen LogP contribution in [0.15, 0.2) is 23.1 Å². The largest absolute Gasteiger partial charge is 0.496 e. The summed E-state index contributed by atoms with van der Waals surface area (Å²) in [6.45, 7) is 4.14. The first-order valence-electron chi connectivity index (χ1n) is 12.2. The van der Waals surface area contributed by atoms with Gasteiger partial charge < -0.3 is 14.6 Å². The van der Waals surface area contributed by atoms with E-state index in [1.165, 1.54) is 32.1 Å². The molecule has 0 bridgehead atoms. The van der Waals surface area contributed by atoms with Crippen LogP contribution in [0.25, 0.3) is 0 Å². The Morgan fingerprint density at radius 3 is 2.03 bits per heavy atom. The van der Waals surface area contributed by atoms with Gasteiger partial charge in [-0.25, -0.2) is 0 Å². The van der Waals surface area contributed by atoms with Gasteiger partial charge in [-0.3, -0.25) is 14.4 Å². The van der Waals surface area contributed by atoms with E-state index in [-0.39, 0.29) is 28.6 Å². The number of fused-ring (bicyclic) bond motifs is 1. The van der Waals surface area contributed by atoms with Crippen LogP contribution in [0.5, 0.6) is 11.5 Å². The molecule has 0 amide bonds. The molecular formula is C27H38O6S. The molecule has 1 unspecified atom stereocenters. The Morgan fingerprint density at radius 1 is 0.912 bits per heavy atom. The van der Waals surface area contributed by atoms with Crippen LogP contribution in [-0.4, -0.2) is 42.6 Å². The molecule has 7 heteroatoms. The van der Waals surface area contributed by atoms with E-state index in [2.05, 4.69) is 13.8 Å². The molecule has 1 aliphatic rings. The van der Waals surface area contributed by atoms with E-state index < -0.39 is 5.97 Å². The second-order valence-electron chi connectivity index (χ2n) is 9.20. The number of Topliss-reactive ketones (excluding diaryl/α,β-unsaturated/α-hetero) is 1. The molecule has 188 valence electrons. The maximum Gasteiger partial charge on any atom is 0.306 e. The number of methoxy groups -OCH3 is 2. The summed E-state index contributed by atoms with van der Waals surface area (Å²) in [4.78, 5) is 37.5. The summed E-state index contributed by atoms with van der Waals surface area (Å²) in [6, 6.07) is 3.30. The van der Waals surface area contributed by atoms with Crippen molar-refractivity contribution in [3.8, 4) is 11.5 Å². The van der Waals surface area contributed by atoms with Gasteiger partial charge in [0.1, 0.15) is 11.5 Å². The molecule has 1 aromatic carbocycles. The third kappa shape index (κ3) is 7.90. The molecule has 0 spiro atoms. The van der Waals surface area contributed by atoms with Crippen molar-refractivity contribution in [3.63, 3.8) is 0 Å². The van der Waals surface area contributed by atoms with E-state index in [9.17, 15) is 19.5 Å². The molecule has 6 nitrogen and oxygen atoms in total. The van der Waals surface area contributed by atoms with Crippen LogP contribution in [0.3, 0.4) is 0 Å². The number of ether oxygens (including phenoxy) is 2. The molecule has 0 fully saturated rings. The number of hydrogen-bond acceptors (Lipinski definition) is 6. The van der Waals surface area contributed by atoms with Gasteiger partial charge in [0, 0.05) is 6.08 Å². The molecule has 1 aliphatic carbocycles. The SMILES string of the molecule is COc1ccc(OC)c2c1C(=O)C=C(SCCCCCCCCCC(CC(C)C)C(=O)O)C2=O. The zero-order valence-electron chi connectivity index (χ0n) is 20.9. The van der Waals surface area contributed by atoms with Gasteiger partial charge in [0.05, 0.1) is 36.2 Å². The van der Waals surface area contributed by atoms with Crippen molar-refractivity contribution in [2.24, 2.45) is 11.8 Å². The van der Waals surface area contributed by atoms with E-state index in [1.54, 1.807) is 12.1 Å². The van der Waals surface area contributed by atoms with Crippen LogP contribution < -0.4 is 9.47 Å². The lowest BCUT2D eigenvalue weighted by Gasteiger charge is -2.19. The molecule has 1 N–H and O–H groups in total.